The maximum atomic E-state index is 10.8. The number of rotatable bonds is 5. The van der Waals surface area contributed by atoms with Crippen molar-refractivity contribution in [2.75, 3.05) is 17.7 Å². The Balaban J connectivity index is 3.07. The molecule has 0 saturated carbocycles. The molecule has 0 radical (unpaired) electrons. The van der Waals surface area contributed by atoms with Gasteiger partial charge in [0.15, 0.2) is 0 Å². The number of non-ortho nitro benzene ring substituents is 1. The standard InChI is InChI=1S/C12H19N3O2/c1-5-12(2,3)14-10-6-9(13-4)7-11(8-10)15(16)17/h6-8,13-14H,5H2,1-4H3. The highest BCUT2D eigenvalue weighted by Crippen LogP contribution is 2.26. The Kier molecular flexibility index (Phi) is 3.93. The summed E-state index contributed by atoms with van der Waals surface area (Å²) in [7, 11) is 1.74. The van der Waals surface area contributed by atoms with E-state index in [1.165, 1.54) is 6.07 Å². The van der Waals surface area contributed by atoms with Crippen LogP contribution in [-0.4, -0.2) is 17.5 Å². The van der Waals surface area contributed by atoms with Gasteiger partial charge in [-0.3, -0.25) is 10.1 Å². The van der Waals surface area contributed by atoms with Gasteiger partial charge in [-0.15, -0.1) is 0 Å². The van der Waals surface area contributed by atoms with E-state index in [1.54, 1.807) is 13.1 Å². The third kappa shape index (κ3) is 3.62. The lowest BCUT2D eigenvalue weighted by Gasteiger charge is -2.26. The lowest BCUT2D eigenvalue weighted by atomic mass is 10.0. The number of nitrogens with one attached hydrogen (secondary N) is 2. The zero-order valence-electron chi connectivity index (χ0n) is 10.7. The first kappa shape index (κ1) is 13.3. The number of hydrogen-bond donors (Lipinski definition) is 2. The summed E-state index contributed by atoms with van der Waals surface area (Å²) in [4.78, 5) is 10.4. The van der Waals surface area contributed by atoms with Crippen molar-refractivity contribution in [1.82, 2.24) is 0 Å². The summed E-state index contributed by atoms with van der Waals surface area (Å²) in [6.07, 6.45) is 0.935. The van der Waals surface area contributed by atoms with Crippen molar-refractivity contribution in [1.29, 1.82) is 0 Å². The zero-order chi connectivity index (χ0) is 13.1. The van der Waals surface area contributed by atoms with E-state index in [0.717, 1.165) is 17.8 Å². The quantitative estimate of drug-likeness (QED) is 0.609. The average molecular weight is 237 g/mol. The summed E-state index contributed by atoms with van der Waals surface area (Å²) in [5, 5.41) is 17.0. The van der Waals surface area contributed by atoms with E-state index in [0.29, 0.717) is 0 Å². The van der Waals surface area contributed by atoms with Crippen LogP contribution in [0.25, 0.3) is 0 Å². The second kappa shape index (κ2) is 5.03. The number of nitro groups is 1. The molecule has 0 bridgehead atoms. The predicted molar refractivity (Wildman–Crippen MR) is 70.6 cm³/mol. The van der Waals surface area contributed by atoms with Gasteiger partial charge < -0.3 is 10.6 Å². The number of benzene rings is 1. The normalized spacial score (nSPS) is 11.1. The molecule has 5 heteroatoms. The van der Waals surface area contributed by atoms with E-state index in [9.17, 15) is 10.1 Å². The Bertz CT molecular complexity index is 416. The summed E-state index contributed by atoms with van der Waals surface area (Å²) in [5.41, 5.74) is 1.50. The fourth-order valence-corrected chi connectivity index (χ4v) is 1.41. The Hall–Kier alpha value is -1.78. The highest BCUT2D eigenvalue weighted by atomic mass is 16.6. The van der Waals surface area contributed by atoms with Gasteiger partial charge >= 0.3 is 0 Å². The first-order valence-electron chi connectivity index (χ1n) is 5.63. The minimum absolute atomic E-state index is 0.0831. The van der Waals surface area contributed by atoms with Crippen molar-refractivity contribution in [3.8, 4) is 0 Å². The minimum Gasteiger partial charge on any atom is -0.388 e. The highest BCUT2D eigenvalue weighted by molar-refractivity contribution is 5.63. The van der Waals surface area contributed by atoms with Crippen molar-refractivity contribution in [2.24, 2.45) is 0 Å². The van der Waals surface area contributed by atoms with E-state index >= 15 is 0 Å². The fraction of sp³-hybridized carbons (Fsp3) is 0.500. The minimum atomic E-state index is -0.384. The second-order valence-electron chi connectivity index (χ2n) is 4.64. The Morgan fingerprint density at radius 1 is 1.29 bits per heavy atom. The molecule has 0 aliphatic heterocycles. The Morgan fingerprint density at radius 3 is 2.35 bits per heavy atom. The molecule has 5 nitrogen and oxygen atoms in total. The lowest BCUT2D eigenvalue weighted by molar-refractivity contribution is -0.384. The molecule has 0 unspecified atom stereocenters. The first-order chi connectivity index (χ1) is 7.88. The molecule has 0 amide bonds. The van der Waals surface area contributed by atoms with E-state index in [1.807, 2.05) is 6.07 Å². The lowest BCUT2D eigenvalue weighted by Crippen LogP contribution is -2.29. The van der Waals surface area contributed by atoms with Gasteiger partial charge in [0.05, 0.1) is 4.92 Å². The second-order valence-corrected chi connectivity index (χ2v) is 4.64. The van der Waals surface area contributed by atoms with Gasteiger partial charge in [-0.1, -0.05) is 6.92 Å². The molecule has 0 aliphatic carbocycles. The van der Waals surface area contributed by atoms with Crippen LogP contribution < -0.4 is 10.6 Å². The predicted octanol–water partition coefficient (Wildman–Crippen LogP) is 3.24. The molecular weight excluding hydrogens is 218 g/mol. The molecule has 0 aliphatic rings. The number of hydrogen-bond acceptors (Lipinski definition) is 4. The summed E-state index contributed by atoms with van der Waals surface area (Å²) in [6.45, 7) is 6.19. The molecule has 0 heterocycles. The van der Waals surface area contributed by atoms with Gasteiger partial charge in [0.2, 0.25) is 0 Å². The fourth-order valence-electron chi connectivity index (χ4n) is 1.41. The van der Waals surface area contributed by atoms with Crippen LogP contribution in [-0.2, 0) is 0 Å². The molecule has 1 aromatic carbocycles. The van der Waals surface area contributed by atoms with Gasteiger partial charge in [0.25, 0.3) is 5.69 Å². The van der Waals surface area contributed by atoms with Crippen LogP contribution in [0.15, 0.2) is 18.2 Å². The van der Waals surface area contributed by atoms with Gasteiger partial charge in [-0.05, 0) is 26.3 Å². The maximum absolute atomic E-state index is 10.8. The molecule has 1 aromatic rings. The molecule has 94 valence electrons. The van der Waals surface area contributed by atoms with E-state index in [4.69, 9.17) is 0 Å². The van der Waals surface area contributed by atoms with Crippen molar-refractivity contribution in [2.45, 2.75) is 32.7 Å². The molecule has 0 fully saturated rings. The number of nitrogens with zero attached hydrogens (tertiary/aromatic N) is 1. The molecule has 0 aromatic heterocycles. The molecule has 1 rings (SSSR count). The Morgan fingerprint density at radius 2 is 1.88 bits per heavy atom. The largest absolute Gasteiger partial charge is 0.388 e. The smallest absolute Gasteiger partial charge is 0.273 e. The third-order valence-electron chi connectivity index (χ3n) is 2.78. The summed E-state index contributed by atoms with van der Waals surface area (Å²) < 4.78 is 0. The van der Waals surface area contributed by atoms with E-state index < -0.39 is 0 Å². The number of nitro benzene ring substituents is 1. The summed E-state index contributed by atoms with van der Waals surface area (Å²) in [5.74, 6) is 0. The molecular formula is C12H19N3O2. The average Bonchev–Trinajstić information content (AvgIpc) is 2.28. The van der Waals surface area contributed by atoms with Crippen LogP contribution in [0, 0.1) is 10.1 Å². The van der Waals surface area contributed by atoms with Crippen molar-refractivity contribution in [3.63, 3.8) is 0 Å². The molecule has 17 heavy (non-hydrogen) atoms. The Labute approximate surface area is 101 Å². The van der Waals surface area contributed by atoms with Crippen molar-refractivity contribution < 1.29 is 4.92 Å². The third-order valence-corrected chi connectivity index (χ3v) is 2.78. The van der Waals surface area contributed by atoms with Gasteiger partial charge in [0, 0.05) is 36.1 Å². The topological polar surface area (TPSA) is 67.2 Å². The summed E-state index contributed by atoms with van der Waals surface area (Å²) >= 11 is 0. The van der Waals surface area contributed by atoms with Crippen LogP contribution in [0.4, 0.5) is 17.1 Å². The van der Waals surface area contributed by atoms with Crippen LogP contribution >= 0.6 is 0 Å². The highest BCUT2D eigenvalue weighted by Gasteiger charge is 2.16. The monoisotopic (exact) mass is 237 g/mol. The zero-order valence-corrected chi connectivity index (χ0v) is 10.7. The maximum Gasteiger partial charge on any atom is 0.273 e. The van der Waals surface area contributed by atoms with Crippen LogP contribution in [0.5, 0.6) is 0 Å². The summed E-state index contributed by atoms with van der Waals surface area (Å²) in [6, 6.07) is 4.94. The number of anilines is 2. The van der Waals surface area contributed by atoms with Crippen molar-refractivity contribution >= 4 is 17.1 Å². The van der Waals surface area contributed by atoms with E-state index in [2.05, 4.69) is 31.4 Å². The SMILES string of the molecule is CCC(C)(C)Nc1cc(NC)cc([N+](=O)[O-])c1. The molecule has 0 atom stereocenters. The van der Waals surface area contributed by atoms with Gasteiger partial charge in [0.1, 0.15) is 0 Å². The molecule has 2 N–H and O–H groups in total. The van der Waals surface area contributed by atoms with Crippen LogP contribution in [0.1, 0.15) is 27.2 Å². The first-order valence-corrected chi connectivity index (χ1v) is 5.63. The van der Waals surface area contributed by atoms with Gasteiger partial charge in [-0.2, -0.15) is 0 Å². The van der Waals surface area contributed by atoms with E-state index in [-0.39, 0.29) is 16.1 Å². The van der Waals surface area contributed by atoms with Crippen molar-refractivity contribution in [3.05, 3.63) is 28.3 Å². The van der Waals surface area contributed by atoms with Crippen LogP contribution in [0.2, 0.25) is 0 Å². The van der Waals surface area contributed by atoms with Gasteiger partial charge in [-0.25, -0.2) is 0 Å². The molecule has 0 spiro atoms. The molecule has 0 saturated heterocycles. The van der Waals surface area contributed by atoms with Crippen LogP contribution in [0.3, 0.4) is 0 Å².